The van der Waals surface area contributed by atoms with Gasteiger partial charge in [0.25, 0.3) is 11.8 Å². The molecule has 4 N–H and O–H groups in total. The van der Waals surface area contributed by atoms with Crippen LogP contribution < -0.4 is 10.6 Å². The lowest BCUT2D eigenvalue weighted by Gasteiger charge is -2.29. The molecule has 1 unspecified atom stereocenters. The number of amides is 4. The molecule has 2 heterocycles. The van der Waals surface area contributed by atoms with E-state index in [4.69, 9.17) is 23.2 Å². The lowest BCUT2D eigenvalue weighted by Crippen LogP contribution is -2.45. The van der Waals surface area contributed by atoms with E-state index in [2.05, 4.69) is 10.6 Å². The number of nitrogens with zero attached hydrogens (tertiary/aromatic N) is 1. The molecule has 3 aliphatic rings. The fourth-order valence-corrected chi connectivity index (χ4v) is 3.13. The summed E-state index contributed by atoms with van der Waals surface area (Å²) in [6, 6.07) is 1.34. The maximum absolute atomic E-state index is 12.3. The minimum absolute atomic E-state index is 0.0425. The summed E-state index contributed by atoms with van der Waals surface area (Å²) in [5, 5.41) is 25.4. The number of aliphatic hydroxyl groups is 2. The van der Waals surface area contributed by atoms with E-state index in [0.717, 1.165) is 4.90 Å². The number of benzene rings is 1. The number of nitrogens with one attached hydrogen (secondary N) is 2. The first-order chi connectivity index (χ1) is 12.7. The highest BCUT2D eigenvalue weighted by atomic mass is 35.5. The molecule has 1 saturated carbocycles. The van der Waals surface area contributed by atoms with E-state index >= 15 is 0 Å². The predicted octanol–water partition coefficient (Wildman–Crippen LogP) is 1.59. The second kappa shape index (κ2) is 7.63. The molecule has 1 atom stereocenters. The molecular weight excluding hydrogens is 397 g/mol. The molecule has 4 rings (SSSR count). The van der Waals surface area contributed by atoms with E-state index < -0.39 is 29.8 Å². The average molecular weight is 416 g/mol. The van der Waals surface area contributed by atoms with Crippen LogP contribution in [0.5, 0.6) is 0 Å². The van der Waals surface area contributed by atoms with Crippen LogP contribution in [-0.2, 0) is 22.0 Å². The maximum atomic E-state index is 12.3. The minimum atomic E-state index is -2.51. The number of halogens is 2. The van der Waals surface area contributed by atoms with Gasteiger partial charge < -0.3 is 15.5 Å². The molecule has 0 spiro atoms. The summed E-state index contributed by atoms with van der Waals surface area (Å²) in [6.07, 6.45) is 4.39. The van der Waals surface area contributed by atoms with E-state index in [1.54, 1.807) is 0 Å². The lowest BCUT2D eigenvalue weighted by molar-refractivity contribution is -0.260. The van der Waals surface area contributed by atoms with Gasteiger partial charge in [-0.15, -0.1) is 0 Å². The van der Waals surface area contributed by atoms with Crippen molar-refractivity contribution in [1.29, 1.82) is 0 Å². The number of fused-ring (bicyclic) bond motifs is 1. The number of urea groups is 1. The van der Waals surface area contributed by atoms with Crippen molar-refractivity contribution in [3.05, 3.63) is 33.3 Å². The van der Waals surface area contributed by atoms with Gasteiger partial charge in [0.1, 0.15) is 6.04 Å². The molecule has 2 aliphatic heterocycles. The Bertz CT molecular complexity index is 794. The third-order valence-electron chi connectivity index (χ3n) is 4.37. The Morgan fingerprint density at radius 3 is 2.37 bits per heavy atom. The first-order valence-electron chi connectivity index (χ1n) is 8.55. The van der Waals surface area contributed by atoms with Gasteiger partial charge in [-0.1, -0.05) is 42.5 Å². The molecule has 1 saturated heterocycles. The Kier molecular flexibility index (Phi) is 5.62. The van der Waals surface area contributed by atoms with Crippen molar-refractivity contribution in [1.82, 2.24) is 15.5 Å². The fourth-order valence-electron chi connectivity index (χ4n) is 2.78. The van der Waals surface area contributed by atoms with Crippen LogP contribution >= 0.6 is 23.2 Å². The highest BCUT2D eigenvalue weighted by molar-refractivity contribution is 6.42. The summed E-state index contributed by atoms with van der Waals surface area (Å²) in [4.78, 5) is 35.7. The van der Waals surface area contributed by atoms with Crippen LogP contribution in [-0.4, -0.2) is 39.0 Å². The molecule has 146 valence electrons. The van der Waals surface area contributed by atoms with E-state index in [9.17, 15) is 24.6 Å². The standard InChI is InChI=1S/C14H13Cl2N3O5.C3H6/c15-8-3-6-5-19(14(23,24)7(6)4-9(8)16)11(20)2-1-10-12(21)18-13(22)17-10;1-2-3-1/h3-4,10,23-24H,1-2,5H2,(H2,17,18,21,22);1-3H2. The lowest BCUT2D eigenvalue weighted by atomic mass is 10.1. The van der Waals surface area contributed by atoms with Gasteiger partial charge >= 0.3 is 6.03 Å². The summed E-state index contributed by atoms with van der Waals surface area (Å²) in [6.45, 7) is -0.0543. The third-order valence-corrected chi connectivity index (χ3v) is 5.09. The zero-order valence-electron chi connectivity index (χ0n) is 14.3. The first-order valence-corrected chi connectivity index (χ1v) is 9.30. The topological polar surface area (TPSA) is 119 Å². The molecule has 0 bridgehead atoms. The van der Waals surface area contributed by atoms with Crippen molar-refractivity contribution < 1.29 is 24.6 Å². The number of carbonyl (C=O) groups excluding carboxylic acids is 3. The average Bonchev–Trinajstić information content (AvgIpc) is 3.40. The summed E-state index contributed by atoms with van der Waals surface area (Å²) in [7, 11) is 0. The van der Waals surface area contributed by atoms with Crippen LogP contribution in [0.4, 0.5) is 4.79 Å². The van der Waals surface area contributed by atoms with Crippen molar-refractivity contribution in [2.24, 2.45) is 0 Å². The smallest absolute Gasteiger partial charge is 0.322 e. The van der Waals surface area contributed by atoms with Crippen LogP contribution in [0, 0.1) is 0 Å². The highest BCUT2D eigenvalue weighted by Crippen LogP contribution is 2.39. The number of hydrogen-bond acceptors (Lipinski definition) is 5. The van der Waals surface area contributed by atoms with Crippen molar-refractivity contribution in [2.45, 2.75) is 50.6 Å². The molecule has 0 aromatic heterocycles. The quantitative estimate of drug-likeness (QED) is 0.441. The minimum Gasteiger partial charge on any atom is -0.345 e. The van der Waals surface area contributed by atoms with E-state index in [1.807, 2.05) is 0 Å². The molecule has 27 heavy (non-hydrogen) atoms. The Balaban J connectivity index is 0.000000637. The van der Waals surface area contributed by atoms with Gasteiger partial charge in [-0.25, -0.2) is 4.79 Å². The van der Waals surface area contributed by atoms with Crippen molar-refractivity contribution >= 4 is 41.0 Å². The normalized spacial score (nSPS) is 21.8. The largest absolute Gasteiger partial charge is 0.345 e. The second-order valence-corrected chi connectivity index (χ2v) is 7.47. The van der Waals surface area contributed by atoms with Crippen LogP contribution in [0.3, 0.4) is 0 Å². The molecule has 1 aromatic carbocycles. The summed E-state index contributed by atoms with van der Waals surface area (Å²) >= 11 is 11.8. The number of hydrogen-bond donors (Lipinski definition) is 4. The molecule has 1 aliphatic carbocycles. The van der Waals surface area contributed by atoms with Crippen molar-refractivity contribution in [3.8, 4) is 0 Å². The molecule has 0 radical (unpaired) electrons. The van der Waals surface area contributed by atoms with Gasteiger partial charge in [0, 0.05) is 12.0 Å². The fraction of sp³-hybridized carbons (Fsp3) is 0.471. The van der Waals surface area contributed by atoms with Crippen LogP contribution in [0.25, 0.3) is 0 Å². The Morgan fingerprint density at radius 2 is 1.81 bits per heavy atom. The van der Waals surface area contributed by atoms with E-state index in [-0.39, 0.29) is 35.0 Å². The summed E-state index contributed by atoms with van der Waals surface area (Å²) in [5.41, 5.74) is 0.548. The number of rotatable bonds is 3. The molecule has 10 heteroatoms. The SMILES string of the molecule is C1CC1.O=C1NC(=O)C(CCC(=O)N2Cc3cc(Cl)c(Cl)cc3C2(O)O)N1. The van der Waals surface area contributed by atoms with Crippen LogP contribution in [0.1, 0.15) is 43.2 Å². The van der Waals surface area contributed by atoms with Gasteiger partial charge in [0.15, 0.2) is 0 Å². The maximum Gasteiger partial charge on any atom is 0.322 e. The Hall–Kier alpha value is -1.87. The number of carbonyl (C=O) groups is 3. The second-order valence-electron chi connectivity index (χ2n) is 6.65. The van der Waals surface area contributed by atoms with Gasteiger partial charge in [-0.3, -0.25) is 19.8 Å². The summed E-state index contributed by atoms with van der Waals surface area (Å²) < 4.78 is 0. The van der Waals surface area contributed by atoms with Crippen molar-refractivity contribution in [2.75, 3.05) is 0 Å². The van der Waals surface area contributed by atoms with Crippen LogP contribution in [0.15, 0.2) is 12.1 Å². The van der Waals surface area contributed by atoms with E-state index in [1.165, 1.54) is 31.4 Å². The number of imide groups is 1. The zero-order chi connectivity index (χ0) is 19.8. The third kappa shape index (κ3) is 4.35. The summed E-state index contributed by atoms with van der Waals surface area (Å²) in [5.74, 6) is -3.62. The molecule has 2 fully saturated rings. The van der Waals surface area contributed by atoms with E-state index in [0.29, 0.717) is 5.56 Å². The predicted molar refractivity (Wildman–Crippen MR) is 96.7 cm³/mol. The molecular formula is C17H19Cl2N3O5. The molecule has 1 aromatic rings. The first kappa shape index (κ1) is 19.9. The molecule has 8 nitrogen and oxygen atoms in total. The van der Waals surface area contributed by atoms with Gasteiger partial charge in [-0.2, -0.15) is 0 Å². The zero-order valence-corrected chi connectivity index (χ0v) is 15.8. The van der Waals surface area contributed by atoms with Gasteiger partial charge in [0.05, 0.1) is 16.6 Å². The Labute approximate surface area is 165 Å². The van der Waals surface area contributed by atoms with Crippen LogP contribution in [0.2, 0.25) is 10.0 Å². The van der Waals surface area contributed by atoms with Crippen molar-refractivity contribution in [3.63, 3.8) is 0 Å². The van der Waals surface area contributed by atoms with Gasteiger partial charge in [-0.05, 0) is 24.1 Å². The Morgan fingerprint density at radius 1 is 1.19 bits per heavy atom. The molecule has 4 amide bonds. The highest BCUT2D eigenvalue weighted by Gasteiger charge is 2.45. The van der Waals surface area contributed by atoms with Gasteiger partial charge in [0.2, 0.25) is 5.91 Å². The monoisotopic (exact) mass is 415 g/mol.